The van der Waals surface area contributed by atoms with E-state index in [1.165, 1.54) is 0 Å². The molecule has 1 N–H and O–H groups in total. The number of hydrogen-bond donors (Lipinski definition) is 1. The molecule has 1 atom stereocenters. The molecule has 0 saturated carbocycles. The van der Waals surface area contributed by atoms with E-state index in [4.69, 9.17) is 19.4 Å². The third-order valence-electron chi connectivity index (χ3n) is 7.29. The maximum Gasteiger partial charge on any atom is 0.514 e. The molecule has 1 unspecified atom stereocenters. The number of anilines is 1. The Kier molecular flexibility index (Phi) is 8.47. The zero-order valence-electron chi connectivity index (χ0n) is 24.7. The lowest BCUT2D eigenvalue weighted by molar-refractivity contribution is -0.137. The number of benzene rings is 2. The number of para-hydroxylation sites is 1. The van der Waals surface area contributed by atoms with Crippen LogP contribution in [-0.2, 0) is 22.5 Å². The fourth-order valence-corrected chi connectivity index (χ4v) is 5.46. The van der Waals surface area contributed by atoms with Gasteiger partial charge in [0.15, 0.2) is 5.65 Å². The highest BCUT2D eigenvalue weighted by Gasteiger charge is 2.28. The summed E-state index contributed by atoms with van der Waals surface area (Å²) in [6.07, 6.45) is 2.96. The van der Waals surface area contributed by atoms with Crippen molar-refractivity contribution < 1.29 is 24.2 Å². The molecule has 42 heavy (non-hydrogen) atoms. The smallest absolute Gasteiger partial charge is 0.481 e. The molecule has 0 aliphatic carbocycles. The van der Waals surface area contributed by atoms with Gasteiger partial charge in [-0.2, -0.15) is 0 Å². The van der Waals surface area contributed by atoms with Crippen LogP contribution in [0.2, 0.25) is 0 Å². The third kappa shape index (κ3) is 6.73. The fraction of sp³-hybridized carbons (Fsp3) is 0.394. The van der Waals surface area contributed by atoms with Gasteiger partial charge in [-0.15, -0.1) is 0 Å². The number of nitrogens with zero attached hydrogens (tertiary/aromatic N) is 4. The van der Waals surface area contributed by atoms with E-state index in [9.17, 15) is 14.7 Å². The summed E-state index contributed by atoms with van der Waals surface area (Å²) in [5, 5.41) is 9.38. The minimum Gasteiger partial charge on any atom is -0.481 e. The Bertz CT molecular complexity index is 1570. The van der Waals surface area contributed by atoms with Gasteiger partial charge < -0.3 is 24.0 Å². The molecule has 0 spiro atoms. The number of aryl methyl sites for hydroxylation is 1. The van der Waals surface area contributed by atoms with Crippen LogP contribution < -0.4 is 9.64 Å². The summed E-state index contributed by atoms with van der Waals surface area (Å²) in [6.45, 7) is 8.92. The van der Waals surface area contributed by atoms with Crippen LogP contribution in [0.25, 0.3) is 22.3 Å². The lowest BCUT2D eigenvalue weighted by atomic mass is 10.0. The molecule has 9 heteroatoms. The Labute approximate surface area is 246 Å². The van der Waals surface area contributed by atoms with E-state index in [0.29, 0.717) is 12.3 Å². The Morgan fingerprint density at radius 3 is 2.50 bits per heavy atom. The largest absolute Gasteiger partial charge is 0.514 e. The van der Waals surface area contributed by atoms with Gasteiger partial charge in [0.2, 0.25) is 0 Å². The molecule has 1 aliphatic rings. The van der Waals surface area contributed by atoms with Crippen molar-refractivity contribution >= 4 is 29.1 Å². The summed E-state index contributed by atoms with van der Waals surface area (Å²) in [6, 6.07) is 19.5. The molecule has 4 aromatic rings. The number of hydrogen-bond acceptors (Lipinski definition) is 7. The molecule has 0 amide bonds. The Morgan fingerprint density at radius 1 is 1.02 bits per heavy atom. The van der Waals surface area contributed by atoms with Crippen molar-refractivity contribution in [3.8, 4) is 16.9 Å². The highest BCUT2D eigenvalue weighted by molar-refractivity contribution is 5.76. The van der Waals surface area contributed by atoms with Crippen LogP contribution in [-0.4, -0.2) is 50.0 Å². The summed E-state index contributed by atoms with van der Waals surface area (Å²) < 4.78 is 13.0. The summed E-state index contributed by atoms with van der Waals surface area (Å²) in [5.41, 5.74) is 3.78. The topological polar surface area (TPSA) is 107 Å². The molecule has 9 nitrogen and oxygen atoms in total. The van der Waals surface area contributed by atoms with E-state index in [2.05, 4.69) is 28.5 Å². The molecule has 1 fully saturated rings. The van der Waals surface area contributed by atoms with Gasteiger partial charge in [-0.25, -0.2) is 14.8 Å². The quantitative estimate of drug-likeness (QED) is 0.172. The van der Waals surface area contributed by atoms with Crippen molar-refractivity contribution in [2.45, 2.75) is 78.0 Å². The second-order valence-corrected chi connectivity index (χ2v) is 11.7. The number of fused-ring (bicyclic) bond motifs is 1. The van der Waals surface area contributed by atoms with Gasteiger partial charge in [0.1, 0.15) is 28.5 Å². The summed E-state index contributed by atoms with van der Waals surface area (Å²) in [4.78, 5) is 35.8. The molecule has 2 aromatic carbocycles. The SMILES string of the molecule is CCCc1nc2ccc(N3CCCC3CC(=O)O)nc2n1Cc1ccc(-c2ccccc2OC(=O)OC(C)(C)C)cc1. The van der Waals surface area contributed by atoms with Crippen molar-refractivity contribution in [3.63, 3.8) is 0 Å². The maximum absolute atomic E-state index is 12.3. The lowest BCUT2D eigenvalue weighted by Gasteiger charge is -2.24. The predicted molar refractivity (Wildman–Crippen MR) is 162 cm³/mol. The normalized spacial score (nSPS) is 15.2. The average Bonchev–Trinajstić information content (AvgIpc) is 3.52. The second kappa shape index (κ2) is 12.2. The van der Waals surface area contributed by atoms with E-state index in [0.717, 1.165) is 71.7 Å². The van der Waals surface area contributed by atoms with Gasteiger partial charge in [0.05, 0.1) is 13.0 Å². The number of rotatable bonds is 9. The van der Waals surface area contributed by atoms with Gasteiger partial charge >= 0.3 is 12.1 Å². The van der Waals surface area contributed by atoms with Crippen molar-refractivity contribution in [2.75, 3.05) is 11.4 Å². The highest BCUT2D eigenvalue weighted by atomic mass is 16.7. The van der Waals surface area contributed by atoms with Crippen molar-refractivity contribution in [3.05, 3.63) is 72.1 Å². The first-order valence-corrected chi connectivity index (χ1v) is 14.5. The number of imidazole rings is 1. The van der Waals surface area contributed by atoms with E-state index < -0.39 is 17.7 Å². The monoisotopic (exact) mass is 570 g/mol. The van der Waals surface area contributed by atoms with Crippen LogP contribution in [0.15, 0.2) is 60.7 Å². The van der Waals surface area contributed by atoms with Gasteiger partial charge in [0, 0.05) is 24.6 Å². The molecule has 1 aliphatic heterocycles. The minimum atomic E-state index is -0.786. The molecule has 5 rings (SSSR count). The van der Waals surface area contributed by atoms with E-state index in [1.807, 2.05) is 42.5 Å². The zero-order valence-corrected chi connectivity index (χ0v) is 24.7. The van der Waals surface area contributed by atoms with E-state index in [-0.39, 0.29) is 12.5 Å². The van der Waals surface area contributed by atoms with Crippen molar-refractivity contribution in [1.82, 2.24) is 14.5 Å². The number of pyridine rings is 1. The zero-order chi connectivity index (χ0) is 29.9. The molecule has 3 heterocycles. The molecule has 0 radical (unpaired) electrons. The molecule has 2 aromatic heterocycles. The second-order valence-electron chi connectivity index (χ2n) is 11.7. The lowest BCUT2D eigenvalue weighted by Crippen LogP contribution is -2.31. The molecular weight excluding hydrogens is 532 g/mol. The van der Waals surface area contributed by atoms with Crippen molar-refractivity contribution in [2.24, 2.45) is 0 Å². The molecule has 0 bridgehead atoms. The van der Waals surface area contributed by atoms with Gasteiger partial charge in [-0.05, 0) is 69.4 Å². The number of carboxylic acid groups (broad SMARTS) is 1. The minimum absolute atomic E-state index is 0.0475. The standard InChI is InChI=1S/C33H38N4O5/c1-5-9-28-34-26-17-18-29(36-19-8-10-24(36)20-30(38)39)35-31(26)37(28)21-22-13-15-23(16-14-22)25-11-6-7-12-27(25)41-32(40)42-33(2,3)4/h6-7,11-18,24H,5,8-10,19-21H2,1-4H3,(H,38,39). The van der Waals surface area contributed by atoms with Crippen LogP contribution >= 0.6 is 0 Å². The van der Waals surface area contributed by atoms with Crippen LogP contribution in [0.5, 0.6) is 5.75 Å². The number of carbonyl (C=O) groups excluding carboxylic acids is 1. The summed E-state index contributed by atoms with van der Waals surface area (Å²) in [7, 11) is 0. The maximum atomic E-state index is 12.3. The number of ether oxygens (including phenoxy) is 2. The Hall–Kier alpha value is -4.40. The number of aliphatic carboxylic acids is 1. The van der Waals surface area contributed by atoms with Crippen LogP contribution in [0.1, 0.15) is 64.8 Å². The summed E-state index contributed by atoms with van der Waals surface area (Å²) in [5.74, 6) is 1.42. The average molecular weight is 571 g/mol. The molecule has 1 saturated heterocycles. The van der Waals surface area contributed by atoms with Gasteiger partial charge in [0.25, 0.3) is 0 Å². The molecule has 220 valence electrons. The first-order valence-electron chi connectivity index (χ1n) is 14.5. The van der Waals surface area contributed by atoms with Gasteiger partial charge in [-0.1, -0.05) is 49.4 Å². The van der Waals surface area contributed by atoms with E-state index >= 15 is 0 Å². The first kappa shape index (κ1) is 29.1. The Balaban J connectivity index is 1.41. The fourth-order valence-electron chi connectivity index (χ4n) is 5.46. The number of aromatic nitrogens is 3. The summed E-state index contributed by atoms with van der Waals surface area (Å²) >= 11 is 0. The third-order valence-corrected chi connectivity index (χ3v) is 7.29. The van der Waals surface area contributed by atoms with Crippen LogP contribution in [0.3, 0.4) is 0 Å². The van der Waals surface area contributed by atoms with Gasteiger partial charge in [-0.3, -0.25) is 4.79 Å². The van der Waals surface area contributed by atoms with E-state index in [1.54, 1.807) is 26.8 Å². The Morgan fingerprint density at radius 2 is 1.79 bits per heavy atom. The number of carbonyl (C=O) groups is 2. The number of carboxylic acids is 1. The molecular formula is C33H38N4O5. The predicted octanol–water partition coefficient (Wildman–Crippen LogP) is 6.86. The first-order chi connectivity index (χ1) is 20.1. The van der Waals surface area contributed by atoms with Crippen LogP contribution in [0.4, 0.5) is 10.6 Å². The van der Waals surface area contributed by atoms with Crippen LogP contribution in [0, 0.1) is 0 Å². The highest BCUT2D eigenvalue weighted by Crippen LogP contribution is 2.32. The van der Waals surface area contributed by atoms with Crippen molar-refractivity contribution in [1.29, 1.82) is 0 Å².